The summed E-state index contributed by atoms with van der Waals surface area (Å²) in [6.45, 7) is 2.81. The third-order valence-corrected chi connectivity index (χ3v) is 2.66. The van der Waals surface area contributed by atoms with Crippen molar-refractivity contribution >= 4 is 5.91 Å². The number of nitrogens with zero attached hydrogens (tertiary/aromatic N) is 2. The first-order valence-electron chi connectivity index (χ1n) is 5.07. The minimum absolute atomic E-state index is 0.104. The molecule has 1 unspecified atom stereocenters. The largest absolute Gasteiger partial charge is 0.391 e. The Morgan fingerprint density at radius 2 is 2.53 bits per heavy atom. The zero-order valence-corrected chi connectivity index (χ0v) is 8.64. The fourth-order valence-electron chi connectivity index (χ4n) is 1.81. The summed E-state index contributed by atoms with van der Waals surface area (Å²) in [5, 5.41) is 13.0. The Hall–Kier alpha value is -1.36. The Morgan fingerprint density at radius 3 is 3.13 bits per heavy atom. The molecule has 1 saturated heterocycles. The lowest BCUT2D eigenvalue weighted by Crippen LogP contribution is -2.42. The maximum absolute atomic E-state index is 11.9. The number of β-amino-alcohol motifs (C(OH)–C–C–N with tert-alkyl or cyclic N) is 1. The maximum atomic E-state index is 11.9. The second-order valence-corrected chi connectivity index (χ2v) is 3.84. The van der Waals surface area contributed by atoms with Crippen molar-refractivity contribution in [2.75, 3.05) is 13.1 Å². The van der Waals surface area contributed by atoms with Crippen LogP contribution in [0.25, 0.3) is 0 Å². The van der Waals surface area contributed by atoms with Crippen molar-refractivity contribution in [3.63, 3.8) is 0 Å². The Morgan fingerprint density at radius 1 is 1.73 bits per heavy atom. The van der Waals surface area contributed by atoms with Crippen LogP contribution < -0.4 is 0 Å². The van der Waals surface area contributed by atoms with Crippen LogP contribution in [0.15, 0.2) is 10.7 Å². The van der Waals surface area contributed by atoms with Gasteiger partial charge in [0.25, 0.3) is 5.91 Å². The number of hydrogen-bond donors (Lipinski definition) is 1. The molecule has 1 fully saturated rings. The molecule has 0 radical (unpaired) electrons. The lowest BCUT2D eigenvalue weighted by atomic mass is 10.1. The van der Waals surface area contributed by atoms with Crippen LogP contribution in [0.3, 0.4) is 0 Å². The van der Waals surface area contributed by atoms with Gasteiger partial charge in [-0.05, 0) is 19.8 Å². The van der Waals surface area contributed by atoms with E-state index in [0.717, 1.165) is 12.8 Å². The number of rotatable bonds is 1. The van der Waals surface area contributed by atoms with Crippen molar-refractivity contribution in [2.24, 2.45) is 0 Å². The lowest BCUT2D eigenvalue weighted by molar-refractivity contribution is 0.0472. The Bertz CT molecular complexity index is 361. The van der Waals surface area contributed by atoms with E-state index >= 15 is 0 Å². The van der Waals surface area contributed by atoms with Crippen LogP contribution in [-0.4, -0.2) is 40.3 Å². The topological polar surface area (TPSA) is 66.6 Å². The Labute approximate surface area is 87.7 Å². The summed E-state index contributed by atoms with van der Waals surface area (Å²) in [6.07, 6.45) is 2.64. The van der Waals surface area contributed by atoms with E-state index in [1.54, 1.807) is 11.8 Å². The number of aliphatic hydroxyl groups excluding tert-OH is 1. The van der Waals surface area contributed by atoms with Gasteiger partial charge in [-0.25, -0.2) is 0 Å². The van der Waals surface area contributed by atoms with Gasteiger partial charge in [0, 0.05) is 13.1 Å². The highest BCUT2D eigenvalue weighted by molar-refractivity contribution is 5.94. The maximum Gasteiger partial charge on any atom is 0.259 e. The molecule has 1 aliphatic heterocycles. The van der Waals surface area contributed by atoms with E-state index in [9.17, 15) is 9.90 Å². The molecule has 2 rings (SSSR count). The molecule has 1 N–H and O–H groups in total. The summed E-state index contributed by atoms with van der Waals surface area (Å²) >= 11 is 0. The highest BCUT2D eigenvalue weighted by Gasteiger charge is 2.25. The SMILES string of the molecule is Cc1oncc1C(=O)N1CCCC(O)C1. The van der Waals surface area contributed by atoms with Crippen LogP contribution in [0, 0.1) is 6.92 Å². The summed E-state index contributed by atoms with van der Waals surface area (Å²) in [5.41, 5.74) is 0.490. The van der Waals surface area contributed by atoms with Crippen LogP contribution in [0.2, 0.25) is 0 Å². The molecule has 0 spiro atoms. The van der Waals surface area contributed by atoms with Crippen molar-refractivity contribution in [2.45, 2.75) is 25.9 Å². The molecule has 0 bridgehead atoms. The van der Waals surface area contributed by atoms with Gasteiger partial charge >= 0.3 is 0 Å². The number of aromatic nitrogens is 1. The first kappa shape index (κ1) is 10.2. The number of carbonyl (C=O) groups excluding carboxylic acids is 1. The predicted octanol–water partition coefficient (Wildman–Crippen LogP) is 0.580. The number of aryl methyl sites for hydroxylation is 1. The second-order valence-electron chi connectivity index (χ2n) is 3.84. The normalized spacial score (nSPS) is 21.7. The monoisotopic (exact) mass is 210 g/mol. The van der Waals surface area contributed by atoms with E-state index in [1.807, 2.05) is 0 Å². The van der Waals surface area contributed by atoms with Crippen LogP contribution in [-0.2, 0) is 0 Å². The van der Waals surface area contributed by atoms with Crippen LogP contribution in [0.1, 0.15) is 29.0 Å². The van der Waals surface area contributed by atoms with Gasteiger partial charge in [0.1, 0.15) is 11.3 Å². The second kappa shape index (κ2) is 4.02. The lowest BCUT2D eigenvalue weighted by Gasteiger charge is -2.29. The third-order valence-electron chi connectivity index (χ3n) is 2.66. The molecular weight excluding hydrogens is 196 g/mol. The van der Waals surface area contributed by atoms with E-state index < -0.39 is 6.10 Å². The average molecular weight is 210 g/mol. The smallest absolute Gasteiger partial charge is 0.259 e. The van der Waals surface area contributed by atoms with Crippen LogP contribution in [0.5, 0.6) is 0 Å². The van der Waals surface area contributed by atoms with E-state index in [4.69, 9.17) is 4.52 Å². The predicted molar refractivity (Wildman–Crippen MR) is 52.4 cm³/mol. The van der Waals surface area contributed by atoms with Gasteiger partial charge in [0.05, 0.1) is 12.3 Å². The summed E-state index contributed by atoms with van der Waals surface area (Å²) < 4.78 is 4.84. The van der Waals surface area contributed by atoms with Crippen molar-refractivity contribution in [1.29, 1.82) is 0 Å². The average Bonchev–Trinajstić information content (AvgIpc) is 2.63. The van der Waals surface area contributed by atoms with E-state index in [1.165, 1.54) is 6.20 Å². The number of likely N-dealkylation sites (tertiary alicyclic amines) is 1. The number of hydrogen-bond acceptors (Lipinski definition) is 4. The highest BCUT2D eigenvalue weighted by Crippen LogP contribution is 2.15. The molecule has 15 heavy (non-hydrogen) atoms. The molecule has 1 aliphatic rings. The summed E-state index contributed by atoms with van der Waals surface area (Å²) in [5.74, 6) is 0.424. The van der Waals surface area contributed by atoms with Gasteiger partial charge in [-0.15, -0.1) is 0 Å². The van der Waals surface area contributed by atoms with Crippen LogP contribution >= 0.6 is 0 Å². The molecule has 0 aliphatic carbocycles. The van der Waals surface area contributed by atoms with Crippen molar-refractivity contribution in [3.8, 4) is 0 Å². The van der Waals surface area contributed by atoms with Gasteiger partial charge in [0.15, 0.2) is 0 Å². The molecule has 5 heteroatoms. The van der Waals surface area contributed by atoms with E-state index in [0.29, 0.717) is 24.4 Å². The van der Waals surface area contributed by atoms with E-state index in [-0.39, 0.29) is 5.91 Å². The van der Waals surface area contributed by atoms with Crippen molar-refractivity contribution in [3.05, 3.63) is 17.5 Å². The van der Waals surface area contributed by atoms with Gasteiger partial charge in [-0.1, -0.05) is 5.16 Å². The molecule has 2 heterocycles. The van der Waals surface area contributed by atoms with Gasteiger partial charge in [0.2, 0.25) is 0 Å². The first-order valence-corrected chi connectivity index (χ1v) is 5.07. The standard InChI is InChI=1S/C10H14N2O3/c1-7-9(5-11-15-7)10(14)12-4-2-3-8(13)6-12/h5,8,13H,2-4,6H2,1H3. The highest BCUT2D eigenvalue weighted by atomic mass is 16.5. The molecule has 0 aromatic carbocycles. The number of carbonyl (C=O) groups is 1. The fraction of sp³-hybridized carbons (Fsp3) is 0.600. The molecule has 1 amide bonds. The molecule has 5 nitrogen and oxygen atoms in total. The molecule has 1 atom stereocenters. The Kier molecular flexibility index (Phi) is 2.73. The minimum Gasteiger partial charge on any atom is -0.391 e. The zero-order valence-electron chi connectivity index (χ0n) is 8.64. The number of aliphatic hydroxyl groups is 1. The number of piperidine rings is 1. The molecule has 0 saturated carbocycles. The molecule has 82 valence electrons. The van der Waals surface area contributed by atoms with Gasteiger partial charge in [-0.2, -0.15) is 0 Å². The van der Waals surface area contributed by atoms with Crippen molar-refractivity contribution in [1.82, 2.24) is 10.1 Å². The fourth-order valence-corrected chi connectivity index (χ4v) is 1.81. The zero-order chi connectivity index (χ0) is 10.8. The quantitative estimate of drug-likeness (QED) is 0.736. The molecular formula is C10H14N2O3. The minimum atomic E-state index is -0.400. The summed E-state index contributed by atoms with van der Waals surface area (Å²) in [4.78, 5) is 13.6. The van der Waals surface area contributed by atoms with Crippen molar-refractivity contribution < 1.29 is 14.4 Å². The Balaban J connectivity index is 2.11. The summed E-state index contributed by atoms with van der Waals surface area (Å²) in [7, 11) is 0. The van der Waals surface area contributed by atoms with Gasteiger partial charge in [-0.3, -0.25) is 4.79 Å². The third kappa shape index (κ3) is 2.02. The summed E-state index contributed by atoms with van der Waals surface area (Å²) in [6, 6.07) is 0. The number of amides is 1. The molecule has 1 aromatic heterocycles. The van der Waals surface area contributed by atoms with Gasteiger partial charge < -0.3 is 14.5 Å². The van der Waals surface area contributed by atoms with Crippen LogP contribution in [0.4, 0.5) is 0 Å². The first-order chi connectivity index (χ1) is 7.18. The molecule has 1 aromatic rings. The van der Waals surface area contributed by atoms with E-state index in [2.05, 4.69) is 5.16 Å².